The molecule has 0 aromatic rings. The van der Waals surface area contributed by atoms with Crippen LogP contribution in [-0.2, 0) is 14.0 Å². The summed E-state index contributed by atoms with van der Waals surface area (Å²) >= 11 is 0. The number of hydrogen-bond acceptors (Lipinski definition) is 3. The first-order valence-electron chi connectivity index (χ1n) is 4.95. The SMILES string of the molecule is CC[Si](CC)(CP(=O)(O)O)C(OC)OC. The van der Waals surface area contributed by atoms with Crippen LogP contribution in [0.3, 0.4) is 0 Å². The lowest BCUT2D eigenvalue weighted by molar-refractivity contribution is -0.0509. The average Bonchev–Trinajstić information content (AvgIpc) is 2.16. The first kappa shape index (κ1) is 15.3. The van der Waals surface area contributed by atoms with Crippen molar-refractivity contribution in [2.24, 2.45) is 0 Å². The molecule has 0 fully saturated rings. The Labute approximate surface area is 92.0 Å². The topological polar surface area (TPSA) is 76.0 Å². The van der Waals surface area contributed by atoms with Crippen LogP contribution < -0.4 is 0 Å². The van der Waals surface area contributed by atoms with Gasteiger partial charge in [-0.2, -0.15) is 0 Å². The molecule has 0 amide bonds. The Morgan fingerprint density at radius 1 is 1.20 bits per heavy atom. The van der Waals surface area contributed by atoms with E-state index in [4.69, 9.17) is 19.3 Å². The zero-order valence-corrected chi connectivity index (χ0v) is 11.7. The van der Waals surface area contributed by atoms with E-state index in [2.05, 4.69) is 0 Å². The maximum absolute atomic E-state index is 11.1. The van der Waals surface area contributed by atoms with Gasteiger partial charge < -0.3 is 19.3 Å². The largest absolute Gasteiger partial charge is 0.360 e. The van der Waals surface area contributed by atoms with Crippen LogP contribution in [0.4, 0.5) is 0 Å². The Kier molecular flexibility index (Phi) is 6.25. The molecule has 0 heterocycles. The van der Waals surface area contributed by atoms with Crippen molar-refractivity contribution >= 4 is 15.7 Å². The third kappa shape index (κ3) is 4.34. The van der Waals surface area contributed by atoms with E-state index in [1.54, 1.807) is 0 Å². The fourth-order valence-corrected chi connectivity index (χ4v) is 9.72. The predicted octanol–water partition coefficient (Wildman–Crippen LogP) is 1.35. The summed E-state index contributed by atoms with van der Waals surface area (Å²) in [6, 6.07) is 1.47. The Morgan fingerprint density at radius 2 is 1.60 bits per heavy atom. The second-order valence-electron chi connectivity index (χ2n) is 3.70. The van der Waals surface area contributed by atoms with Crippen LogP contribution in [0.2, 0.25) is 12.1 Å². The summed E-state index contributed by atoms with van der Waals surface area (Å²) in [5.74, 6) is -0.514. The van der Waals surface area contributed by atoms with Gasteiger partial charge in [0.15, 0.2) is 0 Å². The Balaban J connectivity index is 4.94. The van der Waals surface area contributed by atoms with E-state index in [0.717, 1.165) is 12.1 Å². The molecule has 0 aromatic carbocycles. The van der Waals surface area contributed by atoms with Gasteiger partial charge in [-0.15, -0.1) is 0 Å². The number of methoxy groups -OCH3 is 2. The van der Waals surface area contributed by atoms with E-state index < -0.39 is 21.6 Å². The molecule has 0 saturated heterocycles. The van der Waals surface area contributed by atoms with Crippen molar-refractivity contribution in [2.75, 3.05) is 20.0 Å². The quantitative estimate of drug-likeness (QED) is 0.408. The molecule has 0 aliphatic carbocycles. The first-order valence-corrected chi connectivity index (χ1v) is 9.45. The van der Waals surface area contributed by atoms with Crippen molar-refractivity contribution in [1.29, 1.82) is 0 Å². The van der Waals surface area contributed by atoms with Gasteiger partial charge in [-0.1, -0.05) is 25.9 Å². The minimum absolute atomic E-state index is 0.0701. The molecule has 2 N–H and O–H groups in total. The zero-order valence-electron chi connectivity index (χ0n) is 9.77. The molecule has 15 heavy (non-hydrogen) atoms. The summed E-state index contributed by atoms with van der Waals surface area (Å²) in [7, 11) is -3.19. The zero-order chi connectivity index (χ0) is 12.1. The summed E-state index contributed by atoms with van der Waals surface area (Å²) in [6.07, 6.45) is 0. The summed E-state index contributed by atoms with van der Waals surface area (Å²) in [5, 5.41) is 0. The van der Waals surface area contributed by atoms with Crippen LogP contribution in [0, 0.1) is 0 Å². The highest BCUT2D eigenvalue weighted by molar-refractivity contribution is 7.55. The van der Waals surface area contributed by atoms with Gasteiger partial charge >= 0.3 is 7.60 Å². The van der Waals surface area contributed by atoms with Gasteiger partial charge in [0.05, 0.1) is 0 Å². The molecule has 0 bridgehead atoms. The summed E-state index contributed by atoms with van der Waals surface area (Å²) < 4.78 is 21.5. The van der Waals surface area contributed by atoms with Crippen LogP contribution >= 0.6 is 7.60 Å². The number of rotatable bonds is 7. The molecule has 7 heteroatoms. The van der Waals surface area contributed by atoms with Gasteiger partial charge in [-0.3, -0.25) is 4.57 Å². The lowest BCUT2D eigenvalue weighted by Gasteiger charge is -2.35. The number of ether oxygens (including phenoxy) is 2. The van der Waals surface area contributed by atoms with Crippen LogP contribution in [0.5, 0.6) is 0 Å². The van der Waals surface area contributed by atoms with E-state index in [1.165, 1.54) is 14.2 Å². The van der Waals surface area contributed by atoms with Crippen LogP contribution in [0.1, 0.15) is 13.8 Å². The third-order valence-electron chi connectivity index (χ3n) is 2.86. The second kappa shape index (κ2) is 6.13. The van der Waals surface area contributed by atoms with E-state index >= 15 is 0 Å². The highest BCUT2D eigenvalue weighted by Gasteiger charge is 2.44. The average molecular weight is 256 g/mol. The van der Waals surface area contributed by atoms with Gasteiger partial charge in [0.25, 0.3) is 0 Å². The van der Waals surface area contributed by atoms with Gasteiger partial charge in [0.1, 0.15) is 14.0 Å². The van der Waals surface area contributed by atoms with Crippen molar-refractivity contribution in [2.45, 2.75) is 31.8 Å². The molecule has 0 atom stereocenters. The van der Waals surface area contributed by atoms with Crippen molar-refractivity contribution in [1.82, 2.24) is 0 Å². The van der Waals surface area contributed by atoms with E-state index in [-0.39, 0.29) is 5.79 Å². The van der Waals surface area contributed by atoms with Crippen LogP contribution in [0.25, 0.3) is 0 Å². The Hall–Kier alpha value is 0.287. The third-order valence-corrected chi connectivity index (χ3v) is 11.3. The molecule has 0 aliphatic heterocycles. The van der Waals surface area contributed by atoms with Gasteiger partial charge in [-0.25, -0.2) is 0 Å². The Bertz CT molecular complexity index is 221. The molecule has 0 unspecified atom stereocenters. The molecule has 0 spiro atoms. The molecule has 0 aromatic heterocycles. The standard InChI is InChI=1S/C8H21O5PSi/c1-5-15(6-2,7-14(9,10)11)8(12-3)13-4/h8H,5-7H2,1-4H3,(H2,9,10,11). The van der Waals surface area contributed by atoms with Crippen molar-refractivity contribution in [3.63, 3.8) is 0 Å². The van der Waals surface area contributed by atoms with E-state index in [1.807, 2.05) is 13.8 Å². The highest BCUT2D eigenvalue weighted by atomic mass is 31.2. The maximum atomic E-state index is 11.1. The molecule has 0 aliphatic rings. The predicted molar refractivity (Wildman–Crippen MR) is 61.4 cm³/mol. The van der Waals surface area contributed by atoms with Crippen molar-refractivity contribution in [3.05, 3.63) is 0 Å². The van der Waals surface area contributed by atoms with Crippen LogP contribution in [-0.4, -0.2) is 43.8 Å². The van der Waals surface area contributed by atoms with E-state index in [0.29, 0.717) is 0 Å². The highest BCUT2D eigenvalue weighted by Crippen LogP contribution is 2.41. The van der Waals surface area contributed by atoms with Crippen molar-refractivity contribution < 1.29 is 23.8 Å². The molecule has 0 saturated carbocycles. The molecule has 0 rings (SSSR count). The first-order chi connectivity index (χ1) is 6.85. The second-order valence-corrected chi connectivity index (χ2v) is 10.9. The van der Waals surface area contributed by atoms with E-state index in [9.17, 15) is 4.57 Å². The van der Waals surface area contributed by atoms with Gasteiger partial charge in [0.2, 0.25) is 0 Å². The van der Waals surface area contributed by atoms with Gasteiger partial charge in [0, 0.05) is 20.0 Å². The van der Waals surface area contributed by atoms with Gasteiger partial charge in [-0.05, 0) is 0 Å². The van der Waals surface area contributed by atoms with Crippen LogP contribution in [0.15, 0.2) is 0 Å². The normalized spacial score (nSPS) is 13.5. The lowest BCUT2D eigenvalue weighted by Crippen LogP contribution is -2.52. The molecule has 92 valence electrons. The number of hydrogen-bond donors (Lipinski definition) is 2. The monoisotopic (exact) mass is 256 g/mol. The molecule has 0 radical (unpaired) electrons. The minimum Gasteiger partial charge on any atom is -0.360 e. The summed E-state index contributed by atoms with van der Waals surface area (Å²) in [6.45, 7) is 3.88. The maximum Gasteiger partial charge on any atom is 0.323 e. The fraction of sp³-hybridized carbons (Fsp3) is 1.00. The smallest absolute Gasteiger partial charge is 0.323 e. The molecule has 5 nitrogen and oxygen atoms in total. The minimum atomic E-state index is -4.00. The fourth-order valence-electron chi connectivity index (χ4n) is 1.89. The lowest BCUT2D eigenvalue weighted by atomic mass is 10.9. The summed E-state index contributed by atoms with van der Waals surface area (Å²) in [5.41, 5.74) is 0. The molecular weight excluding hydrogens is 235 g/mol. The molecular formula is C8H21O5PSi. The summed E-state index contributed by atoms with van der Waals surface area (Å²) in [4.78, 5) is 18.2. The Morgan fingerprint density at radius 3 is 1.80 bits per heavy atom. The van der Waals surface area contributed by atoms with Crippen molar-refractivity contribution in [3.8, 4) is 0 Å².